The van der Waals surface area contributed by atoms with Gasteiger partial charge in [-0.3, -0.25) is 0 Å². The Hall–Kier alpha value is 2.36. The van der Waals surface area contributed by atoms with E-state index in [-0.39, 0.29) is 63.7 Å². The molecule has 0 bridgehead atoms. The first-order valence-corrected chi connectivity index (χ1v) is 0.636. The van der Waals surface area contributed by atoms with Gasteiger partial charge in [0.15, 0.2) is 0 Å². The molecule has 0 aliphatic rings. The second-order valence-corrected chi connectivity index (χ2v) is 0. The summed E-state index contributed by atoms with van der Waals surface area (Å²) in [6.07, 6.45) is 0. The minimum atomic E-state index is 0. The van der Waals surface area contributed by atoms with E-state index in [1.54, 1.807) is 15.9 Å². The van der Waals surface area contributed by atoms with Crippen LogP contribution in [0.3, 0.4) is 0 Å². The summed E-state index contributed by atoms with van der Waals surface area (Å²) in [5.41, 5.74) is 0. The van der Waals surface area contributed by atoms with E-state index in [0.29, 0.717) is 0 Å². The summed E-state index contributed by atoms with van der Waals surface area (Å²) in [6.45, 7) is 0. The van der Waals surface area contributed by atoms with Crippen molar-refractivity contribution in [3.8, 4) is 0 Å². The topological polar surface area (TPSA) is 17.1 Å². The van der Waals surface area contributed by atoms with Crippen LogP contribution in [0.1, 0.15) is 0 Å². The van der Waals surface area contributed by atoms with Crippen molar-refractivity contribution in [3.05, 3.63) is 0 Å². The maximum absolute atomic E-state index is 8.06. The fraction of sp³-hybridized carbons (Fsp3) is 0. The van der Waals surface area contributed by atoms with E-state index < -0.39 is 0 Å². The zero-order chi connectivity index (χ0) is 2.00. The van der Waals surface area contributed by atoms with Gasteiger partial charge in [-0.25, -0.2) is 0 Å². The zero-order valence-corrected chi connectivity index (χ0v) is 4.67. The molecule has 0 aliphatic heterocycles. The molecule has 0 unspecified atom stereocenters. The molecule has 0 amide bonds. The molecule has 0 aromatic carbocycles. The molecule has 0 saturated carbocycles. The molecule has 5 heavy (non-hydrogen) atoms. The Balaban J connectivity index is -0.00000000167. The van der Waals surface area contributed by atoms with Crippen LogP contribution in [0.4, 0.5) is 0 Å². The molecule has 0 heterocycles. The standard InChI is InChI=1S/Cu.Fe.Mn.Na.O.H. The Labute approximate surface area is 82.3 Å². The second-order valence-electron chi connectivity index (χ2n) is 0. The van der Waals surface area contributed by atoms with E-state index in [1.807, 2.05) is 0 Å². The monoisotopic (exact) mass is 214 g/mol. The van der Waals surface area contributed by atoms with Crippen LogP contribution in [0, 0.1) is 0 Å². The number of rotatable bonds is 0. The molecule has 0 atom stereocenters. The number of hydrogen-bond donors (Lipinski definition) is 0. The van der Waals surface area contributed by atoms with Crippen molar-refractivity contribution in [1.82, 2.24) is 0 Å². The summed E-state index contributed by atoms with van der Waals surface area (Å²) in [5, 5.41) is 0. The van der Waals surface area contributed by atoms with Gasteiger partial charge in [0.1, 0.15) is 0 Å². The SMILES string of the molecule is [Cu].[Fe].[NaH].[O]=[Mn]. The Morgan fingerprint density at radius 3 is 1.20 bits per heavy atom. The third-order valence-corrected chi connectivity index (χ3v) is 0. The summed E-state index contributed by atoms with van der Waals surface area (Å²) in [6, 6.07) is 0. The van der Waals surface area contributed by atoms with Gasteiger partial charge in [-0.15, -0.1) is 0 Å². The summed E-state index contributed by atoms with van der Waals surface area (Å²) in [7, 11) is 0. The van der Waals surface area contributed by atoms with Crippen molar-refractivity contribution in [2.24, 2.45) is 0 Å². The maximum atomic E-state index is 8.06. The molecular weight excluding hydrogens is 213 g/mol. The van der Waals surface area contributed by atoms with Gasteiger partial charge < -0.3 is 0 Å². The van der Waals surface area contributed by atoms with Gasteiger partial charge in [0.05, 0.1) is 0 Å². The van der Waals surface area contributed by atoms with Crippen LogP contribution in [-0.2, 0) is 53.9 Å². The average Bonchev–Trinajstić information content (AvgIpc) is 1.00. The zero-order valence-electron chi connectivity index (χ0n) is 1.44. The Morgan fingerprint density at radius 2 is 1.20 bits per heavy atom. The van der Waals surface area contributed by atoms with Gasteiger partial charge in [-0.2, -0.15) is 0 Å². The molecular formula is HCuFeMnNaO. The molecule has 0 fully saturated rings. The summed E-state index contributed by atoms with van der Waals surface area (Å²) in [5.74, 6) is 0. The molecule has 0 saturated heterocycles. The van der Waals surface area contributed by atoms with E-state index in [2.05, 4.69) is 0 Å². The quantitative estimate of drug-likeness (QED) is 0.484. The van der Waals surface area contributed by atoms with Gasteiger partial charge >= 0.3 is 49.3 Å². The Bertz CT molecular complexity index is 11.6. The van der Waals surface area contributed by atoms with Gasteiger partial charge in [-0.1, -0.05) is 0 Å². The third kappa shape index (κ3) is 21.7. The predicted octanol–water partition coefficient (Wildman–Crippen LogP) is -0.775. The number of hydrogen-bond acceptors (Lipinski definition) is 1. The van der Waals surface area contributed by atoms with E-state index in [4.69, 9.17) is 3.83 Å². The van der Waals surface area contributed by atoms with Crippen LogP contribution in [0.25, 0.3) is 0 Å². The molecule has 34 valence electrons. The van der Waals surface area contributed by atoms with Crippen LogP contribution in [-0.4, -0.2) is 29.6 Å². The second kappa shape index (κ2) is 32.8. The molecule has 1 radical (unpaired) electrons. The molecule has 0 aromatic rings. The first-order chi connectivity index (χ1) is 1.00. The van der Waals surface area contributed by atoms with E-state index in [0.717, 1.165) is 0 Å². The van der Waals surface area contributed by atoms with E-state index >= 15 is 0 Å². The van der Waals surface area contributed by atoms with Crippen molar-refractivity contribution in [2.75, 3.05) is 0 Å². The van der Waals surface area contributed by atoms with Crippen LogP contribution < -0.4 is 0 Å². The fourth-order valence-electron chi connectivity index (χ4n) is 0. The fourth-order valence-corrected chi connectivity index (χ4v) is 0. The van der Waals surface area contributed by atoms with Gasteiger partial charge in [0.2, 0.25) is 0 Å². The first-order valence-electron chi connectivity index (χ1n) is 0.154. The first kappa shape index (κ1) is 26.4. The van der Waals surface area contributed by atoms with Gasteiger partial charge in [-0.05, 0) is 0 Å². The summed E-state index contributed by atoms with van der Waals surface area (Å²) >= 11 is 1.69. The molecule has 0 aromatic heterocycles. The summed E-state index contributed by atoms with van der Waals surface area (Å²) in [4.78, 5) is 0. The molecule has 0 aliphatic carbocycles. The van der Waals surface area contributed by atoms with Crippen LogP contribution in [0.15, 0.2) is 0 Å². The van der Waals surface area contributed by atoms with Crippen LogP contribution >= 0.6 is 0 Å². The normalized spacial score (nSPS) is 0.800. The van der Waals surface area contributed by atoms with Crippen molar-refractivity contribution in [3.63, 3.8) is 0 Å². The van der Waals surface area contributed by atoms with E-state index in [1.165, 1.54) is 0 Å². The van der Waals surface area contributed by atoms with E-state index in [9.17, 15) is 0 Å². The molecule has 5 heteroatoms. The molecule has 0 rings (SSSR count). The Kier molecular flexibility index (Phi) is 173. The third-order valence-electron chi connectivity index (χ3n) is 0. The van der Waals surface area contributed by atoms with Crippen LogP contribution in [0.5, 0.6) is 0 Å². The van der Waals surface area contributed by atoms with Crippen molar-refractivity contribution >= 4 is 29.6 Å². The van der Waals surface area contributed by atoms with Gasteiger partial charge in [0, 0.05) is 34.1 Å². The molecule has 0 N–H and O–H groups in total. The van der Waals surface area contributed by atoms with Gasteiger partial charge in [0.25, 0.3) is 0 Å². The van der Waals surface area contributed by atoms with Crippen LogP contribution in [0.2, 0.25) is 0 Å². The van der Waals surface area contributed by atoms with Crippen molar-refractivity contribution < 1.29 is 53.9 Å². The van der Waals surface area contributed by atoms with Crippen molar-refractivity contribution in [2.45, 2.75) is 0 Å². The van der Waals surface area contributed by atoms with Crippen molar-refractivity contribution in [1.29, 1.82) is 0 Å². The molecule has 0 spiro atoms. The summed E-state index contributed by atoms with van der Waals surface area (Å²) < 4.78 is 8.06. The Morgan fingerprint density at radius 1 is 1.20 bits per heavy atom. The molecule has 1 nitrogen and oxygen atoms in total. The minimum absolute atomic E-state index is 0. The average molecular weight is 214 g/mol. The predicted molar refractivity (Wildman–Crippen MR) is 7.84 cm³/mol.